The first-order chi connectivity index (χ1) is 17.7. The van der Waals surface area contributed by atoms with Crippen molar-refractivity contribution in [1.29, 1.82) is 0 Å². The van der Waals surface area contributed by atoms with Gasteiger partial charge in [0.1, 0.15) is 12.3 Å². The zero-order chi connectivity index (χ0) is 25.8. The molecule has 0 spiro atoms. The summed E-state index contributed by atoms with van der Waals surface area (Å²) < 4.78 is 45.6. The molecule has 6 rings (SSSR count). The maximum absolute atomic E-state index is 13.4. The highest BCUT2D eigenvalue weighted by atomic mass is 19.4. The molecule has 3 aliphatic rings. The molecule has 37 heavy (non-hydrogen) atoms. The number of benzene rings is 2. The van der Waals surface area contributed by atoms with Gasteiger partial charge in [-0.15, -0.1) is 0 Å². The normalized spacial score (nSPS) is 24.9. The van der Waals surface area contributed by atoms with E-state index in [-0.39, 0.29) is 43.0 Å². The van der Waals surface area contributed by atoms with Gasteiger partial charge in [-0.25, -0.2) is 4.79 Å². The number of fused-ring (bicyclic) bond motifs is 5. The second-order valence-electron chi connectivity index (χ2n) is 10.3. The van der Waals surface area contributed by atoms with Crippen molar-refractivity contribution >= 4 is 6.09 Å². The van der Waals surface area contributed by atoms with E-state index in [0.29, 0.717) is 12.8 Å². The number of carbonyl (C=O) groups excluding carboxylic acids is 1. The van der Waals surface area contributed by atoms with E-state index < -0.39 is 23.6 Å². The summed E-state index contributed by atoms with van der Waals surface area (Å²) in [5.41, 5.74) is 2.26. The molecule has 2 atom stereocenters. The lowest BCUT2D eigenvalue weighted by Gasteiger charge is -2.51. The molecule has 192 valence electrons. The van der Waals surface area contributed by atoms with E-state index in [4.69, 9.17) is 4.74 Å². The Bertz CT molecular complexity index is 1280. The summed E-state index contributed by atoms with van der Waals surface area (Å²) in [6, 6.07) is 18.0. The summed E-state index contributed by atoms with van der Waals surface area (Å²) in [4.78, 5) is 18.5. The Morgan fingerprint density at radius 2 is 1.59 bits per heavy atom. The van der Waals surface area contributed by atoms with Crippen molar-refractivity contribution in [1.82, 2.24) is 9.88 Å². The zero-order valence-electron chi connectivity index (χ0n) is 20.1. The van der Waals surface area contributed by atoms with Gasteiger partial charge in [0, 0.05) is 37.0 Å². The molecular formula is C29H27F3N2O3. The molecule has 3 heterocycles. The van der Waals surface area contributed by atoms with Crippen LogP contribution >= 0.6 is 0 Å². The molecule has 0 radical (unpaired) electrons. The molecule has 1 N–H and O–H groups in total. The van der Waals surface area contributed by atoms with E-state index in [2.05, 4.69) is 29.2 Å². The molecule has 1 aliphatic carbocycles. The van der Waals surface area contributed by atoms with Crippen molar-refractivity contribution in [2.24, 2.45) is 0 Å². The molecule has 2 aromatic carbocycles. The summed E-state index contributed by atoms with van der Waals surface area (Å²) in [5, 5.41) is 11.5. The number of nitrogens with zero attached hydrogens (tertiary/aromatic N) is 2. The summed E-state index contributed by atoms with van der Waals surface area (Å²) in [6.07, 6.45) is -1.38. The fraction of sp³-hybridized carbons (Fsp3) is 0.379. The topological polar surface area (TPSA) is 62.7 Å². The fourth-order valence-corrected chi connectivity index (χ4v) is 6.51. The van der Waals surface area contributed by atoms with Crippen molar-refractivity contribution in [3.05, 3.63) is 89.2 Å². The van der Waals surface area contributed by atoms with Crippen molar-refractivity contribution in [2.45, 2.75) is 61.9 Å². The third kappa shape index (κ3) is 4.17. The lowest BCUT2D eigenvalue weighted by atomic mass is 9.73. The van der Waals surface area contributed by atoms with E-state index in [9.17, 15) is 23.1 Å². The lowest BCUT2D eigenvalue weighted by Crippen LogP contribution is -2.59. The van der Waals surface area contributed by atoms with Crippen molar-refractivity contribution in [3.63, 3.8) is 0 Å². The molecular weight excluding hydrogens is 481 g/mol. The molecule has 2 bridgehead atoms. The predicted octanol–water partition coefficient (Wildman–Crippen LogP) is 6.25. The average Bonchev–Trinajstić information content (AvgIpc) is 3.20. The number of pyridine rings is 1. The second-order valence-corrected chi connectivity index (χ2v) is 10.3. The van der Waals surface area contributed by atoms with E-state index in [1.165, 1.54) is 6.07 Å². The molecule has 0 saturated carbocycles. The predicted molar refractivity (Wildman–Crippen MR) is 131 cm³/mol. The van der Waals surface area contributed by atoms with Crippen LogP contribution in [0.4, 0.5) is 18.0 Å². The number of amides is 1. The number of carbonyl (C=O) groups is 1. The van der Waals surface area contributed by atoms with E-state index in [1.54, 1.807) is 4.90 Å². The largest absolute Gasteiger partial charge is 0.448 e. The molecule has 2 fully saturated rings. The minimum atomic E-state index is -4.59. The van der Waals surface area contributed by atoms with Gasteiger partial charge in [0.25, 0.3) is 0 Å². The van der Waals surface area contributed by atoms with Gasteiger partial charge in [-0.1, -0.05) is 48.5 Å². The number of halogens is 3. The van der Waals surface area contributed by atoms with E-state index >= 15 is 0 Å². The van der Waals surface area contributed by atoms with Gasteiger partial charge in [0.2, 0.25) is 0 Å². The number of rotatable bonds is 3. The SMILES string of the molecule is O=C(OCC1c2ccccc2-c2ccccc21)N1C2CCCC1CC(O)(c1ccnc(C(F)(F)F)c1)C2. The molecule has 2 aliphatic heterocycles. The molecule has 2 saturated heterocycles. The summed E-state index contributed by atoms with van der Waals surface area (Å²) >= 11 is 0. The third-order valence-electron chi connectivity index (χ3n) is 8.14. The highest BCUT2D eigenvalue weighted by molar-refractivity contribution is 5.79. The van der Waals surface area contributed by atoms with E-state index in [1.807, 2.05) is 24.3 Å². The number of hydrogen-bond donors (Lipinski definition) is 1. The molecule has 2 unspecified atom stereocenters. The Kier molecular flexibility index (Phi) is 5.75. The van der Waals surface area contributed by atoms with Gasteiger partial charge in [0.15, 0.2) is 0 Å². The summed E-state index contributed by atoms with van der Waals surface area (Å²) in [5.74, 6) is -0.0597. The number of ether oxygens (including phenoxy) is 1. The van der Waals surface area contributed by atoms with Crippen LogP contribution in [-0.4, -0.2) is 39.8 Å². The van der Waals surface area contributed by atoms with E-state index in [0.717, 1.165) is 40.9 Å². The zero-order valence-corrected chi connectivity index (χ0v) is 20.1. The van der Waals surface area contributed by atoms with Crippen LogP contribution in [0.1, 0.15) is 60.4 Å². The Hall–Kier alpha value is -3.39. The van der Waals surface area contributed by atoms with Crippen molar-refractivity contribution in [3.8, 4) is 11.1 Å². The van der Waals surface area contributed by atoms with Crippen LogP contribution in [-0.2, 0) is 16.5 Å². The lowest BCUT2D eigenvalue weighted by molar-refractivity contribution is -0.141. The van der Waals surface area contributed by atoms with Gasteiger partial charge in [-0.2, -0.15) is 13.2 Å². The summed E-state index contributed by atoms with van der Waals surface area (Å²) in [6.45, 7) is 0.201. The van der Waals surface area contributed by atoms with Crippen LogP contribution in [0, 0.1) is 0 Å². The van der Waals surface area contributed by atoms with Gasteiger partial charge < -0.3 is 14.7 Å². The smallest absolute Gasteiger partial charge is 0.433 e. The Morgan fingerprint density at radius 1 is 1.00 bits per heavy atom. The van der Waals surface area contributed by atoms with Crippen LogP contribution in [0.2, 0.25) is 0 Å². The summed E-state index contributed by atoms with van der Waals surface area (Å²) in [7, 11) is 0. The van der Waals surface area contributed by atoms with Gasteiger partial charge >= 0.3 is 12.3 Å². The van der Waals surface area contributed by atoms with Crippen molar-refractivity contribution < 1.29 is 27.8 Å². The van der Waals surface area contributed by atoms with Gasteiger partial charge in [-0.3, -0.25) is 4.98 Å². The Labute approximate surface area is 212 Å². The number of hydrogen-bond acceptors (Lipinski definition) is 4. The maximum Gasteiger partial charge on any atom is 0.433 e. The molecule has 1 aromatic heterocycles. The minimum Gasteiger partial charge on any atom is -0.448 e. The molecule has 3 aromatic rings. The first kappa shape index (κ1) is 24.0. The average molecular weight is 509 g/mol. The van der Waals surface area contributed by atoms with Crippen LogP contribution in [0.25, 0.3) is 11.1 Å². The fourth-order valence-electron chi connectivity index (χ4n) is 6.51. The van der Waals surface area contributed by atoms with Gasteiger partial charge in [-0.05, 0) is 59.2 Å². The Morgan fingerprint density at radius 3 is 2.19 bits per heavy atom. The van der Waals surface area contributed by atoms with Crippen LogP contribution < -0.4 is 0 Å². The maximum atomic E-state index is 13.4. The van der Waals surface area contributed by atoms with Gasteiger partial charge in [0.05, 0.1) is 5.60 Å². The standard InChI is InChI=1S/C29H27F3N2O3/c30-29(31,32)26-14-18(12-13-33-26)28(36)15-19-6-5-7-20(16-28)34(19)27(35)37-17-25-23-10-3-1-8-21(23)22-9-2-4-11-24(22)25/h1-4,8-14,19-20,25,36H,5-7,15-17H2. The van der Waals surface area contributed by atoms with Crippen molar-refractivity contribution in [2.75, 3.05) is 6.61 Å². The second kappa shape index (κ2) is 8.87. The third-order valence-corrected chi connectivity index (χ3v) is 8.14. The number of aliphatic hydroxyl groups is 1. The first-order valence-electron chi connectivity index (χ1n) is 12.6. The highest BCUT2D eigenvalue weighted by Gasteiger charge is 2.49. The van der Waals surface area contributed by atoms with Crippen LogP contribution in [0.15, 0.2) is 66.9 Å². The molecule has 8 heteroatoms. The quantitative estimate of drug-likeness (QED) is 0.454. The molecule has 5 nitrogen and oxygen atoms in total. The monoisotopic (exact) mass is 508 g/mol. The first-order valence-corrected chi connectivity index (χ1v) is 12.6. The van der Waals surface area contributed by atoms with Crippen LogP contribution in [0.5, 0.6) is 0 Å². The highest BCUT2D eigenvalue weighted by Crippen LogP contribution is 2.47. The minimum absolute atomic E-state index is 0.0597. The molecule has 1 amide bonds. The number of alkyl halides is 3. The number of piperidine rings is 2. The van der Waals surface area contributed by atoms with Crippen LogP contribution in [0.3, 0.4) is 0 Å². The number of aromatic nitrogens is 1. The Balaban J connectivity index is 1.20.